The van der Waals surface area contributed by atoms with Crippen molar-refractivity contribution in [3.05, 3.63) is 41.2 Å². The van der Waals surface area contributed by atoms with Gasteiger partial charge < -0.3 is 14.2 Å². The lowest BCUT2D eigenvalue weighted by Gasteiger charge is -2.20. The molecular formula is C18H23FO4. The molecule has 0 aromatic heterocycles. The second-order valence-corrected chi connectivity index (χ2v) is 5.39. The van der Waals surface area contributed by atoms with Gasteiger partial charge in [-0.15, -0.1) is 0 Å². The Morgan fingerprint density at radius 3 is 2.91 bits per heavy atom. The highest BCUT2D eigenvalue weighted by atomic mass is 19.1. The summed E-state index contributed by atoms with van der Waals surface area (Å²) in [7, 11) is 0. The number of esters is 1. The molecule has 1 aliphatic rings. The molecule has 23 heavy (non-hydrogen) atoms. The van der Waals surface area contributed by atoms with Crippen LogP contribution in [0.4, 0.5) is 4.39 Å². The first kappa shape index (κ1) is 17.6. The minimum atomic E-state index is -0.485. The van der Waals surface area contributed by atoms with Gasteiger partial charge in [-0.05, 0) is 31.1 Å². The number of carbonyl (C=O) groups is 1. The van der Waals surface area contributed by atoms with E-state index in [0.29, 0.717) is 12.2 Å². The normalized spacial score (nSPS) is 18.1. The second kappa shape index (κ2) is 8.79. The number of hydrogen-bond acceptors (Lipinski definition) is 4. The van der Waals surface area contributed by atoms with Crippen molar-refractivity contribution in [3.63, 3.8) is 0 Å². The van der Waals surface area contributed by atoms with Crippen molar-refractivity contribution in [2.45, 2.75) is 38.9 Å². The maximum atomic E-state index is 14.2. The first-order valence-corrected chi connectivity index (χ1v) is 8.02. The van der Waals surface area contributed by atoms with Gasteiger partial charge in [-0.1, -0.05) is 25.5 Å². The quantitative estimate of drug-likeness (QED) is 0.395. The van der Waals surface area contributed by atoms with Gasteiger partial charge in [0.05, 0.1) is 25.9 Å². The fourth-order valence-electron chi connectivity index (χ4n) is 2.33. The van der Waals surface area contributed by atoms with E-state index in [4.69, 9.17) is 14.2 Å². The molecule has 1 heterocycles. The first-order valence-electron chi connectivity index (χ1n) is 8.02. The predicted molar refractivity (Wildman–Crippen MR) is 85.4 cm³/mol. The highest BCUT2D eigenvalue weighted by molar-refractivity contribution is 5.87. The Bertz CT molecular complexity index is 552. The molecule has 1 fully saturated rings. The highest BCUT2D eigenvalue weighted by Crippen LogP contribution is 2.29. The molecule has 1 saturated heterocycles. The molecule has 0 spiro atoms. The van der Waals surface area contributed by atoms with Crippen LogP contribution in [0.25, 0.3) is 6.08 Å². The number of epoxide rings is 1. The summed E-state index contributed by atoms with van der Waals surface area (Å²) in [5, 5.41) is 0. The van der Waals surface area contributed by atoms with Gasteiger partial charge in [0.15, 0.2) is 0 Å². The third kappa shape index (κ3) is 5.44. The highest BCUT2D eigenvalue weighted by Gasteiger charge is 2.25. The average Bonchev–Trinajstić information content (AvgIpc) is 3.34. The molecular weight excluding hydrogens is 299 g/mol. The van der Waals surface area contributed by atoms with Crippen molar-refractivity contribution in [1.29, 1.82) is 0 Å². The molecule has 1 unspecified atom stereocenters. The van der Waals surface area contributed by atoms with Crippen LogP contribution in [-0.4, -0.2) is 31.9 Å². The number of ether oxygens (including phenoxy) is 3. The zero-order valence-corrected chi connectivity index (χ0v) is 13.6. The third-order valence-electron chi connectivity index (χ3n) is 3.54. The molecule has 1 aromatic rings. The van der Waals surface area contributed by atoms with Crippen LogP contribution in [-0.2, 0) is 19.0 Å². The molecule has 0 N–H and O–H groups in total. The maximum Gasteiger partial charge on any atom is 0.330 e. The van der Waals surface area contributed by atoms with Crippen LogP contribution in [0.2, 0.25) is 0 Å². The molecule has 0 bridgehead atoms. The van der Waals surface area contributed by atoms with E-state index in [1.165, 1.54) is 18.2 Å². The van der Waals surface area contributed by atoms with Crippen molar-refractivity contribution in [1.82, 2.24) is 0 Å². The summed E-state index contributed by atoms with van der Waals surface area (Å²) in [6, 6.07) is 4.87. The van der Waals surface area contributed by atoms with Crippen molar-refractivity contribution < 1.29 is 23.4 Å². The SMILES string of the molecule is CCC[C@@H](OCC1CO1)c1cccc(F)c1/C=C/C(=O)OCC. The Labute approximate surface area is 136 Å². The number of rotatable bonds is 9. The molecule has 2 atom stereocenters. The van der Waals surface area contributed by atoms with Crippen LogP contribution < -0.4 is 0 Å². The van der Waals surface area contributed by atoms with Crippen LogP contribution in [0.1, 0.15) is 43.9 Å². The largest absolute Gasteiger partial charge is 0.463 e. The fraction of sp³-hybridized carbons (Fsp3) is 0.500. The number of halogens is 1. The Morgan fingerprint density at radius 2 is 2.26 bits per heavy atom. The molecule has 0 amide bonds. The molecule has 2 rings (SSSR count). The zero-order valence-electron chi connectivity index (χ0n) is 13.6. The summed E-state index contributed by atoms with van der Waals surface area (Å²) in [5.74, 6) is -0.864. The molecule has 0 radical (unpaired) electrons. The smallest absolute Gasteiger partial charge is 0.330 e. The van der Waals surface area contributed by atoms with Gasteiger partial charge in [0.1, 0.15) is 11.9 Å². The van der Waals surface area contributed by atoms with E-state index in [1.54, 1.807) is 13.0 Å². The van der Waals surface area contributed by atoms with Crippen molar-refractivity contribution in [3.8, 4) is 0 Å². The number of carbonyl (C=O) groups excluding carboxylic acids is 1. The standard InChI is InChI=1S/C18H23FO4/c1-3-6-17(23-12-13-11-22-13)15-7-5-8-16(19)14(15)9-10-18(20)21-4-2/h5,7-10,13,17H,3-4,6,11-12H2,1-2H3/b10-9+/t13?,17-/m1/s1. The van der Waals surface area contributed by atoms with Crippen LogP contribution in [0.3, 0.4) is 0 Å². The van der Waals surface area contributed by atoms with Gasteiger partial charge in [0.25, 0.3) is 0 Å². The van der Waals surface area contributed by atoms with Crippen molar-refractivity contribution >= 4 is 12.0 Å². The van der Waals surface area contributed by atoms with Crippen LogP contribution in [0.5, 0.6) is 0 Å². The summed E-state index contributed by atoms with van der Waals surface area (Å²) in [6.07, 6.45) is 4.33. The van der Waals surface area contributed by atoms with Crippen molar-refractivity contribution in [2.24, 2.45) is 0 Å². The molecule has 5 heteroatoms. The molecule has 0 saturated carbocycles. The molecule has 4 nitrogen and oxygen atoms in total. The second-order valence-electron chi connectivity index (χ2n) is 5.39. The lowest BCUT2D eigenvalue weighted by molar-refractivity contribution is -0.137. The minimum Gasteiger partial charge on any atom is -0.463 e. The number of benzene rings is 1. The molecule has 1 aliphatic heterocycles. The Morgan fingerprint density at radius 1 is 1.48 bits per heavy atom. The van der Waals surface area contributed by atoms with E-state index >= 15 is 0 Å². The fourth-order valence-corrected chi connectivity index (χ4v) is 2.33. The van der Waals surface area contributed by atoms with Crippen molar-refractivity contribution in [2.75, 3.05) is 19.8 Å². The van der Waals surface area contributed by atoms with E-state index < -0.39 is 5.97 Å². The van der Waals surface area contributed by atoms with E-state index in [0.717, 1.165) is 25.0 Å². The Balaban J connectivity index is 2.20. The lowest BCUT2D eigenvalue weighted by atomic mass is 9.98. The summed E-state index contributed by atoms with van der Waals surface area (Å²) in [5.41, 5.74) is 1.11. The van der Waals surface area contributed by atoms with Gasteiger partial charge in [0, 0.05) is 11.6 Å². The number of hydrogen-bond donors (Lipinski definition) is 0. The van der Waals surface area contributed by atoms with E-state index in [2.05, 4.69) is 6.92 Å². The van der Waals surface area contributed by atoms with E-state index in [1.807, 2.05) is 6.07 Å². The predicted octanol–water partition coefficient (Wildman–Crippen LogP) is 3.66. The lowest BCUT2D eigenvalue weighted by Crippen LogP contribution is -2.11. The van der Waals surface area contributed by atoms with Gasteiger partial charge in [-0.2, -0.15) is 0 Å². The minimum absolute atomic E-state index is 0.154. The third-order valence-corrected chi connectivity index (χ3v) is 3.54. The summed E-state index contributed by atoms with van der Waals surface area (Å²) in [6.45, 7) is 5.29. The summed E-state index contributed by atoms with van der Waals surface area (Å²) >= 11 is 0. The molecule has 1 aromatic carbocycles. The summed E-state index contributed by atoms with van der Waals surface area (Å²) < 4.78 is 30.1. The van der Waals surface area contributed by atoms with E-state index in [9.17, 15) is 9.18 Å². The van der Waals surface area contributed by atoms with Gasteiger partial charge >= 0.3 is 5.97 Å². The van der Waals surface area contributed by atoms with Gasteiger partial charge in [0.2, 0.25) is 0 Å². The first-order chi connectivity index (χ1) is 11.2. The monoisotopic (exact) mass is 322 g/mol. The van der Waals surface area contributed by atoms with Crippen LogP contribution in [0.15, 0.2) is 24.3 Å². The Hall–Kier alpha value is -1.72. The maximum absolute atomic E-state index is 14.2. The van der Waals surface area contributed by atoms with E-state index in [-0.39, 0.29) is 24.6 Å². The average molecular weight is 322 g/mol. The summed E-state index contributed by atoms with van der Waals surface area (Å²) in [4.78, 5) is 11.5. The zero-order chi connectivity index (χ0) is 16.7. The van der Waals surface area contributed by atoms with Gasteiger partial charge in [-0.25, -0.2) is 9.18 Å². The van der Waals surface area contributed by atoms with Crippen LogP contribution in [0, 0.1) is 5.82 Å². The van der Waals surface area contributed by atoms with Crippen LogP contribution >= 0.6 is 0 Å². The molecule has 0 aliphatic carbocycles. The molecule has 126 valence electrons. The van der Waals surface area contributed by atoms with Gasteiger partial charge in [-0.3, -0.25) is 0 Å². The Kier molecular flexibility index (Phi) is 6.74. The topological polar surface area (TPSA) is 48.1 Å².